The van der Waals surface area contributed by atoms with E-state index < -0.39 is 18.6 Å². The van der Waals surface area contributed by atoms with Crippen LogP contribution in [0.1, 0.15) is 33.6 Å². The summed E-state index contributed by atoms with van der Waals surface area (Å²) in [6, 6.07) is 0.0848. The lowest BCUT2D eigenvalue weighted by molar-refractivity contribution is -0.149. The van der Waals surface area contributed by atoms with Gasteiger partial charge in [0.05, 0.1) is 6.42 Å². The number of hydrogen-bond donors (Lipinski definition) is 1. The number of hydrogen-bond acceptors (Lipinski definition) is 2. The first-order valence-electron chi connectivity index (χ1n) is 5.89. The van der Waals surface area contributed by atoms with Gasteiger partial charge in [-0.15, -0.1) is 0 Å². The second-order valence-corrected chi connectivity index (χ2v) is 4.74. The molecule has 0 aromatic rings. The first kappa shape index (κ1) is 13.8. The smallest absolute Gasteiger partial charge is 0.311 e. The van der Waals surface area contributed by atoms with E-state index in [1.54, 1.807) is 6.92 Å². The fourth-order valence-electron chi connectivity index (χ4n) is 2.36. The fraction of sp³-hybridized carbons (Fsp3) is 1.00. The van der Waals surface area contributed by atoms with Gasteiger partial charge in [-0.1, -0.05) is 6.92 Å². The normalized spacial score (nSPS) is 30.4. The van der Waals surface area contributed by atoms with Gasteiger partial charge in [0, 0.05) is 31.2 Å². The number of alkyl halides is 3. The zero-order chi connectivity index (χ0) is 12.3. The van der Waals surface area contributed by atoms with Crippen LogP contribution in [0, 0.1) is 0 Å². The lowest BCUT2D eigenvalue weighted by atomic mass is 10.0. The van der Waals surface area contributed by atoms with Gasteiger partial charge in [0.1, 0.15) is 0 Å². The molecule has 0 saturated carbocycles. The molecule has 1 saturated heterocycles. The number of nitrogens with one attached hydrogen (secondary N) is 1. The van der Waals surface area contributed by atoms with Crippen LogP contribution in [0.5, 0.6) is 0 Å². The van der Waals surface area contributed by atoms with E-state index in [1.807, 2.05) is 18.7 Å². The molecule has 1 aliphatic rings. The third-order valence-electron chi connectivity index (χ3n) is 3.22. The maximum Gasteiger partial charge on any atom is 0.390 e. The van der Waals surface area contributed by atoms with Gasteiger partial charge in [0.2, 0.25) is 0 Å². The highest BCUT2D eigenvalue weighted by Crippen LogP contribution is 2.26. The molecule has 0 bridgehead atoms. The summed E-state index contributed by atoms with van der Waals surface area (Å²) in [4.78, 5) is 1.99. The Labute approximate surface area is 95.2 Å². The van der Waals surface area contributed by atoms with Crippen LogP contribution < -0.4 is 5.32 Å². The Kier molecular flexibility index (Phi) is 4.62. The van der Waals surface area contributed by atoms with Crippen molar-refractivity contribution in [3.8, 4) is 0 Å². The van der Waals surface area contributed by atoms with Gasteiger partial charge in [-0.25, -0.2) is 0 Å². The van der Waals surface area contributed by atoms with E-state index >= 15 is 0 Å². The maximum atomic E-state index is 12.3. The fourth-order valence-corrected chi connectivity index (χ4v) is 2.36. The van der Waals surface area contributed by atoms with E-state index in [4.69, 9.17) is 0 Å². The van der Waals surface area contributed by atoms with E-state index in [-0.39, 0.29) is 12.1 Å². The molecule has 0 amide bonds. The van der Waals surface area contributed by atoms with Crippen molar-refractivity contribution in [2.45, 2.75) is 57.9 Å². The van der Waals surface area contributed by atoms with Crippen LogP contribution in [0.2, 0.25) is 0 Å². The van der Waals surface area contributed by atoms with Crippen LogP contribution in [-0.2, 0) is 0 Å². The minimum absolute atomic E-state index is 0.230. The van der Waals surface area contributed by atoms with E-state index in [2.05, 4.69) is 5.32 Å². The van der Waals surface area contributed by atoms with E-state index in [0.29, 0.717) is 6.54 Å². The summed E-state index contributed by atoms with van der Waals surface area (Å²) in [5.41, 5.74) is 0. The summed E-state index contributed by atoms with van der Waals surface area (Å²) in [5, 5.41) is 3.31. The highest BCUT2D eigenvalue weighted by atomic mass is 19.4. The summed E-state index contributed by atoms with van der Waals surface area (Å²) >= 11 is 0. The Hall–Kier alpha value is -0.290. The Balaban J connectivity index is 2.59. The third-order valence-corrected chi connectivity index (χ3v) is 3.22. The summed E-state index contributed by atoms with van der Waals surface area (Å²) in [6.45, 7) is 7.21. The van der Waals surface area contributed by atoms with Crippen LogP contribution in [0.4, 0.5) is 13.2 Å². The zero-order valence-electron chi connectivity index (χ0n) is 10.1. The molecule has 5 heteroatoms. The van der Waals surface area contributed by atoms with Gasteiger partial charge < -0.3 is 5.32 Å². The van der Waals surface area contributed by atoms with Crippen molar-refractivity contribution in [2.75, 3.05) is 13.1 Å². The van der Waals surface area contributed by atoms with Gasteiger partial charge in [-0.2, -0.15) is 13.2 Å². The standard InChI is InChI=1S/C11H21F3N2/c1-4-10-6-15-8(2)7-16(10)9(3)5-11(12,13)14/h8-10,15H,4-7H2,1-3H3. The Morgan fingerprint density at radius 2 is 2.06 bits per heavy atom. The highest BCUT2D eigenvalue weighted by molar-refractivity contribution is 4.87. The molecule has 3 unspecified atom stereocenters. The van der Waals surface area contributed by atoms with Crippen molar-refractivity contribution in [3.05, 3.63) is 0 Å². The quantitative estimate of drug-likeness (QED) is 0.812. The third kappa shape index (κ3) is 3.94. The lowest BCUT2D eigenvalue weighted by Gasteiger charge is -2.42. The first-order chi connectivity index (χ1) is 7.33. The lowest BCUT2D eigenvalue weighted by Crippen LogP contribution is -2.58. The van der Waals surface area contributed by atoms with Gasteiger partial charge >= 0.3 is 6.18 Å². The molecule has 1 aliphatic heterocycles. The molecule has 16 heavy (non-hydrogen) atoms. The predicted octanol–water partition coefficient (Wildman–Crippen LogP) is 2.40. The minimum Gasteiger partial charge on any atom is -0.311 e. The summed E-state index contributed by atoms with van der Waals surface area (Å²) in [7, 11) is 0. The molecule has 0 aliphatic carbocycles. The van der Waals surface area contributed by atoms with Crippen molar-refractivity contribution in [1.29, 1.82) is 0 Å². The van der Waals surface area contributed by atoms with Crippen molar-refractivity contribution in [2.24, 2.45) is 0 Å². The van der Waals surface area contributed by atoms with Gasteiger partial charge in [-0.05, 0) is 20.3 Å². The number of halogens is 3. The average molecular weight is 238 g/mol. The molecule has 2 nitrogen and oxygen atoms in total. The van der Waals surface area contributed by atoms with Crippen molar-refractivity contribution in [1.82, 2.24) is 10.2 Å². The molecule has 1 rings (SSSR count). The zero-order valence-corrected chi connectivity index (χ0v) is 10.1. The average Bonchev–Trinajstić information content (AvgIpc) is 2.15. The summed E-state index contributed by atoms with van der Waals surface area (Å²) < 4.78 is 37.0. The van der Waals surface area contributed by atoms with E-state index in [9.17, 15) is 13.2 Å². The van der Waals surface area contributed by atoms with Gasteiger partial charge in [-0.3, -0.25) is 4.90 Å². The minimum atomic E-state index is -4.06. The van der Waals surface area contributed by atoms with Crippen LogP contribution in [0.15, 0.2) is 0 Å². The molecule has 3 atom stereocenters. The molecule has 0 spiro atoms. The van der Waals surface area contributed by atoms with Gasteiger partial charge in [0.15, 0.2) is 0 Å². The van der Waals surface area contributed by atoms with Crippen molar-refractivity contribution in [3.63, 3.8) is 0 Å². The largest absolute Gasteiger partial charge is 0.390 e. The number of rotatable bonds is 3. The summed E-state index contributed by atoms with van der Waals surface area (Å²) in [6.07, 6.45) is -3.88. The monoisotopic (exact) mass is 238 g/mol. The van der Waals surface area contributed by atoms with Crippen LogP contribution in [-0.4, -0.2) is 42.3 Å². The summed E-state index contributed by atoms with van der Waals surface area (Å²) in [5.74, 6) is 0. The molecule has 96 valence electrons. The van der Waals surface area contributed by atoms with Crippen molar-refractivity contribution < 1.29 is 13.2 Å². The van der Waals surface area contributed by atoms with Crippen LogP contribution in [0.25, 0.3) is 0 Å². The molecular weight excluding hydrogens is 217 g/mol. The van der Waals surface area contributed by atoms with E-state index in [1.165, 1.54) is 0 Å². The first-order valence-corrected chi connectivity index (χ1v) is 5.89. The van der Waals surface area contributed by atoms with E-state index in [0.717, 1.165) is 13.0 Å². The number of nitrogens with zero attached hydrogens (tertiary/aromatic N) is 1. The highest BCUT2D eigenvalue weighted by Gasteiger charge is 2.36. The maximum absolute atomic E-state index is 12.3. The second-order valence-electron chi connectivity index (χ2n) is 4.74. The van der Waals surface area contributed by atoms with Gasteiger partial charge in [0.25, 0.3) is 0 Å². The SMILES string of the molecule is CCC1CNC(C)CN1C(C)CC(F)(F)F. The van der Waals surface area contributed by atoms with Crippen molar-refractivity contribution >= 4 is 0 Å². The predicted molar refractivity (Wildman–Crippen MR) is 58.4 cm³/mol. The molecule has 0 radical (unpaired) electrons. The Bertz CT molecular complexity index is 218. The number of piperazine rings is 1. The van der Waals surface area contributed by atoms with Crippen LogP contribution >= 0.6 is 0 Å². The van der Waals surface area contributed by atoms with Crippen LogP contribution in [0.3, 0.4) is 0 Å². The molecule has 1 heterocycles. The molecule has 0 aromatic heterocycles. The second kappa shape index (κ2) is 5.36. The molecule has 1 N–H and O–H groups in total. The Morgan fingerprint density at radius 1 is 1.44 bits per heavy atom. The molecule has 1 fully saturated rings. The molecule has 0 aromatic carbocycles. The topological polar surface area (TPSA) is 15.3 Å². The Morgan fingerprint density at radius 3 is 2.56 bits per heavy atom. The molecular formula is C11H21F3N2.